The normalized spacial score (nSPS) is 10.2. The van der Waals surface area contributed by atoms with Gasteiger partial charge in [0, 0.05) is 13.2 Å². The van der Waals surface area contributed by atoms with Crippen molar-refractivity contribution in [2.75, 3.05) is 7.05 Å². The van der Waals surface area contributed by atoms with Crippen LogP contribution < -0.4 is 5.32 Å². The van der Waals surface area contributed by atoms with Crippen LogP contribution in [0.3, 0.4) is 0 Å². The van der Waals surface area contributed by atoms with Gasteiger partial charge >= 0.3 is 12.0 Å². The summed E-state index contributed by atoms with van der Waals surface area (Å²) in [5.41, 5.74) is -0.0421. The maximum Gasteiger partial charge on any atom is 0.357 e. The lowest BCUT2D eigenvalue weighted by Crippen LogP contribution is -2.18. The molecule has 0 aliphatic rings. The topological polar surface area (TPSA) is 110 Å². The Bertz CT molecular complexity index is 571. The molecule has 0 fully saturated rings. The van der Waals surface area contributed by atoms with Crippen molar-refractivity contribution in [1.29, 1.82) is 0 Å². The highest BCUT2D eigenvalue weighted by Crippen LogP contribution is 2.08. The van der Waals surface area contributed by atoms with Crippen molar-refractivity contribution in [3.8, 4) is 6.01 Å². The lowest BCUT2D eigenvalue weighted by atomic mass is 10.4. The zero-order valence-corrected chi connectivity index (χ0v) is 8.75. The van der Waals surface area contributed by atoms with Crippen molar-refractivity contribution in [2.24, 2.45) is 0 Å². The van der Waals surface area contributed by atoms with Crippen LogP contribution in [0.4, 0.5) is 0 Å². The SMILES string of the molecule is CNC(=O)c1ccn(-c2nc(C(=O)O)co2)n1. The predicted molar refractivity (Wildman–Crippen MR) is 54.0 cm³/mol. The molecule has 17 heavy (non-hydrogen) atoms. The maximum absolute atomic E-state index is 11.2. The molecule has 0 unspecified atom stereocenters. The van der Waals surface area contributed by atoms with Crippen LogP contribution in [0.25, 0.3) is 6.01 Å². The fraction of sp³-hybridized carbons (Fsp3) is 0.111. The number of nitrogens with zero attached hydrogens (tertiary/aromatic N) is 3. The molecule has 2 rings (SSSR count). The predicted octanol–water partition coefficient (Wildman–Crippen LogP) is -0.0819. The monoisotopic (exact) mass is 236 g/mol. The number of nitrogens with one attached hydrogen (secondary N) is 1. The van der Waals surface area contributed by atoms with E-state index in [4.69, 9.17) is 9.52 Å². The summed E-state index contributed by atoms with van der Waals surface area (Å²) >= 11 is 0. The Balaban J connectivity index is 2.30. The van der Waals surface area contributed by atoms with Gasteiger partial charge in [-0.3, -0.25) is 4.79 Å². The Morgan fingerprint density at radius 1 is 1.47 bits per heavy atom. The van der Waals surface area contributed by atoms with E-state index in [0.29, 0.717) is 0 Å². The fourth-order valence-electron chi connectivity index (χ4n) is 1.15. The highest BCUT2D eigenvalue weighted by Gasteiger charge is 2.14. The second kappa shape index (κ2) is 4.08. The van der Waals surface area contributed by atoms with Crippen LogP contribution in [0.2, 0.25) is 0 Å². The van der Waals surface area contributed by atoms with Crippen LogP contribution in [0.1, 0.15) is 21.0 Å². The largest absolute Gasteiger partial charge is 0.476 e. The summed E-state index contributed by atoms with van der Waals surface area (Å²) in [5, 5.41) is 14.9. The van der Waals surface area contributed by atoms with Crippen molar-refractivity contribution in [2.45, 2.75) is 0 Å². The van der Waals surface area contributed by atoms with Crippen molar-refractivity contribution in [3.63, 3.8) is 0 Å². The van der Waals surface area contributed by atoms with E-state index in [9.17, 15) is 9.59 Å². The number of aromatic carboxylic acids is 1. The van der Waals surface area contributed by atoms with E-state index < -0.39 is 5.97 Å². The summed E-state index contributed by atoms with van der Waals surface area (Å²) in [6, 6.07) is 1.45. The first-order valence-electron chi connectivity index (χ1n) is 4.58. The molecule has 0 aliphatic heterocycles. The Morgan fingerprint density at radius 3 is 2.82 bits per heavy atom. The molecule has 2 aromatic rings. The Hall–Kier alpha value is -2.64. The molecule has 1 amide bonds. The number of hydrogen-bond donors (Lipinski definition) is 2. The molecule has 0 saturated carbocycles. The number of amides is 1. The number of oxazole rings is 1. The number of carboxylic acid groups (broad SMARTS) is 1. The fourth-order valence-corrected chi connectivity index (χ4v) is 1.15. The number of rotatable bonds is 3. The average molecular weight is 236 g/mol. The molecule has 0 spiro atoms. The van der Waals surface area contributed by atoms with E-state index in [1.807, 2.05) is 0 Å². The number of aromatic nitrogens is 3. The quantitative estimate of drug-likeness (QED) is 0.771. The maximum atomic E-state index is 11.2. The average Bonchev–Trinajstić information content (AvgIpc) is 2.95. The molecular weight excluding hydrogens is 228 g/mol. The summed E-state index contributed by atoms with van der Waals surface area (Å²) in [5.74, 6) is -1.55. The second-order valence-corrected chi connectivity index (χ2v) is 3.05. The first-order chi connectivity index (χ1) is 8.11. The molecule has 0 radical (unpaired) electrons. The molecule has 0 aliphatic carbocycles. The molecule has 0 aromatic carbocycles. The van der Waals surface area contributed by atoms with Gasteiger partial charge in [0.25, 0.3) is 5.91 Å². The van der Waals surface area contributed by atoms with Crippen LogP contribution in [-0.4, -0.2) is 38.8 Å². The van der Waals surface area contributed by atoms with Crippen molar-refractivity contribution in [1.82, 2.24) is 20.1 Å². The minimum Gasteiger partial charge on any atom is -0.476 e. The molecule has 8 heteroatoms. The molecule has 0 bridgehead atoms. The minimum absolute atomic E-state index is 0.0162. The molecule has 0 atom stereocenters. The third kappa shape index (κ3) is 2.00. The van der Waals surface area contributed by atoms with Gasteiger partial charge in [0.05, 0.1) is 0 Å². The standard InChI is InChI=1S/C9H8N4O4/c1-10-7(14)5-2-3-13(12-5)9-11-6(4-17-9)8(15)16/h2-4H,1H3,(H,10,14)(H,15,16). The molecule has 0 saturated heterocycles. The molecule has 2 heterocycles. The summed E-state index contributed by atoms with van der Waals surface area (Å²) in [6.07, 6.45) is 2.45. The Morgan fingerprint density at radius 2 is 2.24 bits per heavy atom. The smallest absolute Gasteiger partial charge is 0.357 e. The van der Waals surface area contributed by atoms with E-state index in [2.05, 4.69) is 15.4 Å². The number of hydrogen-bond acceptors (Lipinski definition) is 5. The van der Waals surface area contributed by atoms with Crippen LogP contribution in [0, 0.1) is 0 Å². The lowest BCUT2D eigenvalue weighted by molar-refractivity contribution is 0.0690. The third-order valence-electron chi connectivity index (χ3n) is 1.96. The summed E-state index contributed by atoms with van der Waals surface area (Å²) in [7, 11) is 1.48. The summed E-state index contributed by atoms with van der Waals surface area (Å²) in [6.45, 7) is 0. The zero-order valence-electron chi connectivity index (χ0n) is 8.75. The van der Waals surface area contributed by atoms with Crippen molar-refractivity contribution >= 4 is 11.9 Å². The first-order valence-corrected chi connectivity index (χ1v) is 4.58. The number of carbonyl (C=O) groups excluding carboxylic acids is 1. The van der Waals surface area contributed by atoms with Gasteiger partial charge in [-0.2, -0.15) is 14.8 Å². The van der Waals surface area contributed by atoms with Crippen molar-refractivity contribution < 1.29 is 19.1 Å². The van der Waals surface area contributed by atoms with Crippen molar-refractivity contribution in [3.05, 3.63) is 29.9 Å². The molecule has 8 nitrogen and oxygen atoms in total. The Labute approximate surface area is 94.9 Å². The van der Waals surface area contributed by atoms with Crippen LogP contribution in [-0.2, 0) is 0 Å². The van der Waals surface area contributed by atoms with Gasteiger partial charge < -0.3 is 14.8 Å². The van der Waals surface area contributed by atoms with E-state index in [-0.39, 0.29) is 23.3 Å². The van der Waals surface area contributed by atoms with Gasteiger partial charge in [-0.1, -0.05) is 0 Å². The molecule has 88 valence electrons. The van der Waals surface area contributed by atoms with Crippen LogP contribution in [0.5, 0.6) is 0 Å². The molecular formula is C9H8N4O4. The summed E-state index contributed by atoms with van der Waals surface area (Å²) < 4.78 is 6.09. The van der Waals surface area contributed by atoms with E-state index >= 15 is 0 Å². The zero-order chi connectivity index (χ0) is 12.4. The van der Waals surface area contributed by atoms with E-state index in [1.54, 1.807) is 0 Å². The molecule has 2 aromatic heterocycles. The Kier molecular flexibility index (Phi) is 2.61. The second-order valence-electron chi connectivity index (χ2n) is 3.05. The molecule has 2 N–H and O–H groups in total. The first kappa shape index (κ1) is 10.9. The number of carboxylic acids is 1. The highest BCUT2D eigenvalue weighted by atomic mass is 16.4. The van der Waals surface area contributed by atoms with Gasteiger partial charge in [-0.25, -0.2) is 4.79 Å². The number of carbonyl (C=O) groups is 2. The minimum atomic E-state index is -1.20. The van der Waals surface area contributed by atoms with E-state index in [0.717, 1.165) is 6.26 Å². The van der Waals surface area contributed by atoms with Gasteiger partial charge in [0.2, 0.25) is 0 Å². The van der Waals surface area contributed by atoms with Gasteiger partial charge in [-0.15, -0.1) is 0 Å². The third-order valence-corrected chi connectivity index (χ3v) is 1.96. The lowest BCUT2D eigenvalue weighted by Gasteiger charge is -1.93. The highest BCUT2D eigenvalue weighted by molar-refractivity contribution is 5.91. The van der Waals surface area contributed by atoms with Gasteiger partial charge in [0.1, 0.15) is 6.26 Å². The summed E-state index contributed by atoms with van der Waals surface area (Å²) in [4.78, 5) is 25.5. The van der Waals surface area contributed by atoms with Crippen LogP contribution >= 0.6 is 0 Å². The van der Waals surface area contributed by atoms with Gasteiger partial charge in [0.15, 0.2) is 11.4 Å². The van der Waals surface area contributed by atoms with E-state index in [1.165, 1.54) is 24.0 Å². The van der Waals surface area contributed by atoms with Gasteiger partial charge in [-0.05, 0) is 6.07 Å². The van der Waals surface area contributed by atoms with Crippen LogP contribution in [0.15, 0.2) is 22.9 Å².